The molecule has 144 valence electrons. The van der Waals surface area contributed by atoms with Crippen LogP contribution in [-0.2, 0) is 12.8 Å². The summed E-state index contributed by atoms with van der Waals surface area (Å²) in [7, 11) is 0. The van der Waals surface area contributed by atoms with Gasteiger partial charge in [-0.15, -0.1) is 0 Å². The van der Waals surface area contributed by atoms with Crippen molar-refractivity contribution < 1.29 is 0 Å². The molecular weight excluding hydrogens is 380 g/mol. The average molecular weight is 396 g/mol. The Balaban J connectivity index is 1.52. The van der Waals surface area contributed by atoms with Crippen LogP contribution in [0.25, 0.3) is 50.0 Å². The maximum absolute atomic E-state index is 5.23. The minimum atomic E-state index is 0.887. The molecule has 2 aliphatic rings. The molecule has 0 spiro atoms. The predicted molar refractivity (Wildman–Crippen MR) is 122 cm³/mol. The molecule has 6 aromatic rings. The number of aromatic nitrogens is 4. The van der Waals surface area contributed by atoms with Crippen molar-refractivity contribution in [1.82, 2.24) is 19.4 Å². The van der Waals surface area contributed by atoms with E-state index in [0.29, 0.717) is 0 Å². The highest BCUT2D eigenvalue weighted by molar-refractivity contribution is 6.09. The first-order chi connectivity index (χ1) is 15.4. The molecule has 31 heavy (non-hydrogen) atoms. The van der Waals surface area contributed by atoms with Crippen molar-refractivity contribution in [2.45, 2.75) is 12.8 Å². The molecule has 0 bridgehead atoms. The summed E-state index contributed by atoms with van der Waals surface area (Å²) in [6.45, 7) is 0. The number of pyridine rings is 3. The number of rotatable bonds is 0. The van der Waals surface area contributed by atoms with Crippen LogP contribution in [0, 0.1) is 0 Å². The molecule has 0 aliphatic heterocycles. The SMILES string of the molecule is c1ccc2c(c1)Cc1c-2ccc2c1-c1nc3c4ncccc4c4ncccc4n3c1C2. The lowest BCUT2D eigenvalue weighted by Crippen LogP contribution is -1.98. The maximum atomic E-state index is 5.23. The molecule has 0 N–H and O–H groups in total. The summed E-state index contributed by atoms with van der Waals surface area (Å²) in [6.07, 6.45) is 5.57. The summed E-state index contributed by atoms with van der Waals surface area (Å²) in [5.74, 6) is 0. The van der Waals surface area contributed by atoms with Crippen molar-refractivity contribution in [3.63, 3.8) is 0 Å². The van der Waals surface area contributed by atoms with Crippen molar-refractivity contribution in [2.75, 3.05) is 0 Å². The lowest BCUT2D eigenvalue weighted by Gasteiger charge is -2.09. The first-order valence-electron chi connectivity index (χ1n) is 10.6. The van der Waals surface area contributed by atoms with E-state index in [4.69, 9.17) is 15.0 Å². The fraction of sp³-hybridized carbons (Fsp3) is 0.0741. The third kappa shape index (κ3) is 1.84. The van der Waals surface area contributed by atoms with E-state index >= 15 is 0 Å². The average Bonchev–Trinajstić information content (AvgIpc) is 3.48. The molecule has 0 radical (unpaired) electrons. The highest BCUT2D eigenvalue weighted by Gasteiger charge is 2.32. The van der Waals surface area contributed by atoms with Crippen LogP contribution in [-0.4, -0.2) is 19.4 Å². The molecular formula is C27H16N4. The fourth-order valence-electron chi connectivity index (χ4n) is 5.68. The fourth-order valence-corrected chi connectivity index (χ4v) is 5.68. The molecule has 0 saturated carbocycles. The van der Waals surface area contributed by atoms with Crippen molar-refractivity contribution in [3.8, 4) is 22.4 Å². The molecule has 0 amide bonds. The number of fused-ring (bicyclic) bond motifs is 14. The van der Waals surface area contributed by atoms with Gasteiger partial charge in [0.05, 0.1) is 22.4 Å². The molecule has 0 unspecified atom stereocenters. The van der Waals surface area contributed by atoms with E-state index in [1.54, 1.807) is 0 Å². The molecule has 4 nitrogen and oxygen atoms in total. The summed E-state index contributed by atoms with van der Waals surface area (Å²) in [5.41, 5.74) is 14.5. The topological polar surface area (TPSA) is 43.1 Å². The Bertz CT molecular complexity index is 1740. The van der Waals surface area contributed by atoms with Crippen LogP contribution in [0.4, 0.5) is 0 Å². The van der Waals surface area contributed by atoms with E-state index in [9.17, 15) is 0 Å². The van der Waals surface area contributed by atoms with E-state index in [1.165, 1.54) is 39.1 Å². The Labute approximate surface area is 177 Å². The van der Waals surface area contributed by atoms with Crippen LogP contribution in [0.2, 0.25) is 0 Å². The van der Waals surface area contributed by atoms with Crippen molar-refractivity contribution in [2.24, 2.45) is 0 Å². The highest BCUT2D eigenvalue weighted by Crippen LogP contribution is 2.48. The zero-order valence-corrected chi connectivity index (χ0v) is 16.6. The molecule has 0 atom stereocenters. The van der Waals surface area contributed by atoms with E-state index in [1.807, 2.05) is 24.5 Å². The largest absolute Gasteiger partial charge is 0.292 e. The quantitative estimate of drug-likeness (QED) is 0.315. The lowest BCUT2D eigenvalue weighted by molar-refractivity contribution is 1.09. The van der Waals surface area contributed by atoms with Crippen LogP contribution >= 0.6 is 0 Å². The lowest BCUT2D eigenvalue weighted by atomic mass is 9.97. The van der Waals surface area contributed by atoms with Crippen LogP contribution < -0.4 is 0 Å². The first kappa shape index (κ1) is 15.7. The maximum Gasteiger partial charge on any atom is 0.164 e. The van der Waals surface area contributed by atoms with E-state index < -0.39 is 0 Å². The van der Waals surface area contributed by atoms with E-state index in [2.05, 4.69) is 52.9 Å². The molecule has 0 fully saturated rings. The molecule has 2 aromatic carbocycles. The van der Waals surface area contributed by atoms with Gasteiger partial charge in [0.2, 0.25) is 0 Å². The number of hydrogen-bond acceptors (Lipinski definition) is 3. The minimum Gasteiger partial charge on any atom is -0.292 e. The Morgan fingerprint density at radius 2 is 1.58 bits per heavy atom. The standard InChI is InChI=1S/C27H16N4/c1-2-6-17-15(5-1)13-20-18(17)10-9-16-14-22-26(23(16)20)30-27-25-19(7-3-11-29-25)24-21(31(22)27)8-4-12-28-24/h1-12H,13-14H2. The molecule has 4 heterocycles. The van der Waals surface area contributed by atoms with Gasteiger partial charge in [0.25, 0.3) is 0 Å². The van der Waals surface area contributed by atoms with E-state index in [0.717, 1.165) is 46.1 Å². The summed E-state index contributed by atoms with van der Waals surface area (Å²) in [6, 6.07) is 21.6. The Morgan fingerprint density at radius 1 is 0.710 bits per heavy atom. The Kier molecular flexibility index (Phi) is 2.72. The van der Waals surface area contributed by atoms with Crippen LogP contribution in [0.15, 0.2) is 73.1 Å². The van der Waals surface area contributed by atoms with Crippen molar-refractivity contribution in [3.05, 3.63) is 95.4 Å². The number of hydrogen-bond donors (Lipinski definition) is 0. The molecule has 0 saturated heterocycles. The molecule has 2 aliphatic carbocycles. The van der Waals surface area contributed by atoms with Crippen LogP contribution in [0.3, 0.4) is 0 Å². The predicted octanol–water partition coefficient (Wildman–Crippen LogP) is 5.57. The summed E-state index contributed by atoms with van der Waals surface area (Å²) in [4.78, 5) is 14.6. The summed E-state index contributed by atoms with van der Waals surface area (Å²) >= 11 is 0. The second-order valence-electron chi connectivity index (χ2n) is 8.47. The normalized spacial score (nSPS) is 13.5. The van der Waals surface area contributed by atoms with Gasteiger partial charge in [-0.25, -0.2) is 4.98 Å². The van der Waals surface area contributed by atoms with Gasteiger partial charge in [-0.05, 0) is 58.5 Å². The monoisotopic (exact) mass is 396 g/mol. The van der Waals surface area contributed by atoms with Gasteiger partial charge in [-0.1, -0.05) is 36.4 Å². The molecule has 4 aromatic heterocycles. The van der Waals surface area contributed by atoms with Gasteiger partial charge in [0, 0.05) is 29.8 Å². The smallest absolute Gasteiger partial charge is 0.164 e. The van der Waals surface area contributed by atoms with Gasteiger partial charge in [-0.2, -0.15) is 0 Å². The van der Waals surface area contributed by atoms with Gasteiger partial charge in [0.15, 0.2) is 5.65 Å². The number of benzene rings is 2. The third-order valence-electron chi connectivity index (χ3n) is 6.94. The Hall–Kier alpha value is -4.05. The zero-order chi connectivity index (χ0) is 20.1. The number of imidazole rings is 1. The second kappa shape index (κ2) is 5.35. The minimum absolute atomic E-state index is 0.887. The number of nitrogens with zero attached hydrogens (tertiary/aromatic N) is 4. The zero-order valence-electron chi connectivity index (χ0n) is 16.6. The van der Waals surface area contributed by atoms with Gasteiger partial charge < -0.3 is 0 Å². The Morgan fingerprint density at radius 3 is 2.55 bits per heavy atom. The first-order valence-corrected chi connectivity index (χ1v) is 10.6. The van der Waals surface area contributed by atoms with Gasteiger partial charge >= 0.3 is 0 Å². The van der Waals surface area contributed by atoms with Crippen molar-refractivity contribution >= 4 is 27.6 Å². The van der Waals surface area contributed by atoms with Gasteiger partial charge in [0.1, 0.15) is 5.52 Å². The molecule has 4 heteroatoms. The van der Waals surface area contributed by atoms with Crippen LogP contribution in [0.1, 0.15) is 22.4 Å². The highest BCUT2D eigenvalue weighted by atomic mass is 15.1. The summed E-state index contributed by atoms with van der Waals surface area (Å²) in [5, 5.41) is 1.06. The summed E-state index contributed by atoms with van der Waals surface area (Å²) < 4.78 is 2.29. The second-order valence-corrected chi connectivity index (χ2v) is 8.47. The van der Waals surface area contributed by atoms with E-state index in [-0.39, 0.29) is 0 Å². The molecule has 8 rings (SSSR count). The van der Waals surface area contributed by atoms with Crippen molar-refractivity contribution in [1.29, 1.82) is 0 Å². The third-order valence-corrected chi connectivity index (χ3v) is 6.94. The van der Waals surface area contributed by atoms with Crippen LogP contribution in [0.5, 0.6) is 0 Å². The van der Waals surface area contributed by atoms with Gasteiger partial charge in [-0.3, -0.25) is 14.4 Å².